The van der Waals surface area contributed by atoms with Crippen molar-refractivity contribution in [3.8, 4) is 0 Å². The number of ether oxygens (including phenoxy) is 1. The monoisotopic (exact) mass is 541 g/mol. The number of anilines is 4. The first-order chi connectivity index (χ1) is 19.6. The predicted octanol–water partition coefficient (Wildman–Crippen LogP) is 2.38. The van der Waals surface area contributed by atoms with Gasteiger partial charge in [-0.25, -0.2) is 19.9 Å². The van der Waals surface area contributed by atoms with E-state index in [1.807, 2.05) is 30.1 Å². The number of benzene rings is 1. The Morgan fingerprint density at radius 2 is 1.70 bits per heavy atom. The van der Waals surface area contributed by atoms with Crippen LogP contribution in [-0.2, 0) is 11.3 Å². The highest BCUT2D eigenvalue weighted by atomic mass is 16.5. The van der Waals surface area contributed by atoms with Gasteiger partial charge in [-0.3, -0.25) is 4.68 Å². The molecule has 12 heteroatoms. The fourth-order valence-corrected chi connectivity index (χ4v) is 5.06. The number of morpholine rings is 1. The molecule has 0 saturated carbocycles. The van der Waals surface area contributed by atoms with Crippen LogP contribution in [0.25, 0.3) is 0 Å². The molecule has 1 unspecified atom stereocenters. The van der Waals surface area contributed by atoms with Gasteiger partial charge in [0.2, 0.25) is 17.8 Å². The van der Waals surface area contributed by atoms with Crippen LogP contribution in [0.15, 0.2) is 55.2 Å². The van der Waals surface area contributed by atoms with Crippen LogP contribution < -0.4 is 20.4 Å². The summed E-state index contributed by atoms with van der Waals surface area (Å²) in [5.74, 6) is 2.15. The largest absolute Gasteiger partial charge is 0.374 e. The second-order valence-corrected chi connectivity index (χ2v) is 10.2. The Kier molecular flexibility index (Phi) is 7.78. The Labute approximate surface area is 233 Å². The van der Waals surface area contributed by atoms with Crippen molar-refractivity contribution < 1.29 is 4.74 Å². The number of aromatic nitrogens is 7. The summed E-state index contributed by atoms with van der Waals surface area (Å²) in [6.45, 7) is 10.5. The number of rotatable bonds is 8. The lowest BCUT2D eigenvalue weighted by Gasteiger charge is -2.34. The van der Waals surface area contributed by atoms with Gasteiger partial charge in [-0.05, 0) is 18.1 Å². The molecule has 0 bridgehead atoms. The second kappa shape index (κ2) is 11.9. The van der Waals surface area contributed by atoms with Crippen LogP contribution in [0.2, 0.25) is 0 Å². The SMILES string of the molecule is Cc1c(Nc2ncnc(N3CCN(c4ncc(C(C)c5ccccc5)cn4)CC3)n2)cnn1C[C@@H]1CNCCO1. The minimum atomic E-state index is 0.115. The minimum absolute atomic E-state index is 0.115. The topological polar surface area (TPSA) is 122 Å². The predicted molar refractivity (Wildman–Crippen MR) is 153 cm³/mol. The van der Waals surface area contributed by atoms with Crippen LogP contribution in [-0.4, -0.2) is 86.7 Å². The standard InChI is InChI=1S/C28H35N11O/c1-20(22-6-4-3-5-7-22)23-14-30-27(31-15-23)37-9-11-38(12-10-37)28-33-19-32-26(36-28)35-25-17-34-39(21(25)2)18-24-16-29-8-13-40-24/h3-7,14-15,17,19-20,24,29H,8-13,16,18H2,1-2H3,(H,32,33,35,36)/t20?,24-/m0/s1. The molecule has 40 heavy (non-hydrogen) atoms. The molecule has 2 fully saturated rings. The lowest BCUT2D eigenvalue weighted by atomic mass is 9.96. The molecule has 1 aromatic carbocycles. The third-order valence-electron chi connectivity index (χ3n) is 7.59. The molecule has 12 nitrogen and oxygen atoms in total. The molecule has 5 heterocycles. The fourth-order valence-electron chi connectivity index (χ4n) is 5.06. The summed E-state index contributed by atoms with van der Waals surface area (Å²) in [5.41, 5.74) is 4.25. The highest BCUT2D eigenvalue weighted by Gasteiger charge is 2.22. The average Bonchev–Trinajstić information content (AvgIpc) is 3.36. The second-order valence-electron chi connectivity index (χ2n) is 10.2. The van der Waals surface area contributed by atoms with E-state index in [9.17, 15) is 0 Å². The summed E-state index contributed by atoms with van der Waals surface area (Å²) < 4.78 is 7.78. The molecular weight excluding hydrogens is 506 g/mol. The van der Waals surface area contributed by atoms with Crippen LogP contribution >= 0.6 is 0 Å². The zero-order chi connectivity index (χ0) is 27.3. The molecule has 2 N–H and O–H groups in total. The van der Waals surface area contributed by atoms with Gasteiger partial charge in [-0.2, -0.15) is 10.1 Å². The molecule has 2 aliphatic rings. The highest BCUT2D eigenvalue weighted by Crippen LogP contribution is 2.24. The Balaban J connectivity index is 1.05. The summed E-state index contributed by atoms with van der Waals surface area (Å²) in [7, 11) is 0. The highest BCUT2D eigenvalue weighted by molar-refractivity contribution is 5.56. The van der Waals surface area contributed by atoms with Gasteiger partial charge in [-0.1, -0.05) is 37.3 Å². The van der Waals surface area contributed by atoms with Crippen LogP contribution in [0.5, 0.6) is 0 Å². The minimum Gasteiger partial charge on any atom is -0.374 e. The van der Waals surface area contributed by atoms with Crippen molar-refractivity contribution in [1.29, 1.82) is 0 Å². The van der Waals surface area contributed by atoms with Gasteiger partial charge >= 0.3 is 0 Å². The van der Waals surface area contributed by atoms with Crippen molar-refractivity contribution in [1.82, 2.24) is 40.0 Å². The van der Waals surface area contributed by atoms with Gasteiger partial charge in [0.15, 0.2) is 0 Å². The molecule has 4 aromatic rings. The quantitative estimate of drug-likeness (QED) is 0.342. The number of piperazine rings is 1. The molecule has 0 amide bonds. The van der Waals surface area contributed by atoms with Crippen molar-refractivity contribution >= 4 is 23.5 Å². The van der Waals surface area contributed by atoms with E-state index >= 15 is 0 Å². The number of hydrogen-bond donors (Lipinski definition) is 2. The van der Waals surface area contributed by atoms with Gasteiger partial charge < -0.3 is 25.2 Å². The molecular formula is C28H35N11O. The van der Waals surface area contributed by atoms with Gasteiger partial charge in [0.05, 0.1) is 36.8 Å². The van der Waals surface area contributed by atoms with Gasteiger partial charge in [0, 0.05) is 57.6 Å². The molecule has 0 spiro atoms. The van der Waals surface area contributed by atoms with Crippen LogP contribution in [0.1, 0.15) is 29.7 Å². The van der Waals surface area contributed by atoms with E-state index in [1.54, 1.807) is 12.5 Å². The maximum atomic E-state index is 5.82. The van der Waals surface area contributed by atoms with Gasteiger partial charge in [0.1, 0.15) is 6.33 Å². The summed E-state index contributed by atoms with van der Waals surface area (Å²) >= 11 is 0. The Hall–Kier alpha value is -4.16. The first-order valence-electron chi connectivity index (χ1n) is 13.8. The van der Waals surface area contributed by atoms with Gasteiger partial charge in [0.25, 0.3) is 0 Å². The zero-order valence-corrected chi connectivity index (χ0v) is 22.9. The van der Waals surface area contributed by atoms with Crippen molar-refractivity contribution in [3.63, 3.8) is 0 Å². The van der Waals surface area contributed by atoms with E-state index in [0.717, 1.165) is 68.8 Å². The van der Waals surface area contributed by atoms with Crippen LogP contribution in [0.3, 0.4) is 0 Å². The molecule has 6 rings (SSSR count). The first-order valence-corrected chi connectivity index (χ1v) is 13.8. The van der Waals surface area contributed by atoms with Gasteiger partial charge in [-0.15, -0.1) is 0 Å². The molecule has 208 valence electrons. The summed E-state index contributed by atoms with van der Waals surface area (Å²) in [6.07, 6.45) is 7.36. The third-order valence-corrected chi connectivity index (χ3v) is 7.59. The van der Waals surface area contributed by atoms with E-state index in [4.69, 9.17) is 4.74 Å². The lowest BCUT2D eigenvalue weighted by Crippen LogP contribution is -2.47. The third kappa shape index (κ3) is 5.87. The number of nitrogens with zero attached hydrogens (tertiary/aromatic N) is 9. The molecule has 0 aliphatic carbocycles. The van der Waals surface area contributed by atoms with Crippen molar-refractivity contribution in [3.05, 3.63) is 72.1 Å². The van der Waals surface area contributed by atoms with E-state index < -0.39 is 0 Å². The zero-order valence-electron chi connectivity index (χ0n) is 22.9. The number of nitrogens with one attached hydrogen (secondary N) is 2. The summed E-state index contributed by atoms with van der Waals surface area (Å²) in [6, 6.07) is 10.4. The lowest BCUT2D eigenvalue weighted by molar-refractivity contribution is 0.0158. The average molecular weight is 542 g/mol. The Morgan fingerprint density at radius 1 is 0.950 bits per heavy atom. The summed E-state index contributed by atoms with van der Waals surface area (Å²) in [4.78, 5) is 27.2. The first kappa shape index (κ1) is 26.1. The molecule has 2 saturated heterocycles. The molecule has 2 atom stereocenters. The van der Waals surface area contributed by atoms with Crippen molar-refractivity contribution in [2.75, 3.05) is 61.0 Å². The smallest absolute Gasteiger partial charge is 0.232 e. The van der Waals surface area contributed by atoms with Crippen molar-refractivity contribution in [2.24, 2.45) is 0 Å². The fraction of sp³-hybridized carbons (Fsp3) is 0.429. The van der Waals surface area contributed by atoms with Crippen LogP contribution in [0, 0.1) is 6.92 Å². The number of hydrogen-bond acceptors (Lipinski definition) is 11. The maximum absolute atomic E-state index is 5.82. The Morgan fingerprint density at radius 3 is 2.42 bits per heavy atom. The van der Waals surface area contributed by atoms with Crippen LogP contribution in [0.4, 0.5) is 23.5 Å². The van der Waals surface area contributed by atoms with E-state index in [1.165, 1.54) is 5.56 Å². The summed E-state index contributed by atoms with van der Waals surface area (Å²) in [5, 5.41) is 11.2. The van der Waals surface area contributed by atoms with E-state index in [-0.39, 0.29) is 12.0 Å². The molecule has 2 aliphatic heterocycles. The maximum Gasteiger partial charge on any atom is 0.232 e. The normalized spacial score (nSPS) is 18.5. The Bertz CT molecular complexity index is 1380. The molecule has 3 aromatic heterocycles. The van der Waals surface area contributed by atoms with E-state index in [0.29, 0.717) is 18.4 Å². The van der Waals surface area contributed by atoms with E-state index in [2.05, 4.69) is 81.6 Å². The van der Waals surface area contributed by atoms with Crippen molar-refractivity contribution in [2.45, 2.75) is 32.4 Å². The molecule has 0 radical (unpaired) electrons.